The van der Waals surface area contributed by atoms with Crippen LogP contribution in [0.5, 0.6) is 5.75 Å². The molecule has 3 aromatic rings. The van der Waals surface area contributed by atoms with Crippen molar-refractivity contribution in [3.8, 4) is 5.75 Å². The van der Waals surface area contributed by atoms with Crippen molar-refractivity contribution in [1.29, 1.82) is 5.41 Å². The van der Waals surface area contributed by atoms with E-state index < -0.39 is 5.91 Å². The topological polar surface area (TPSA) is 65.8 Å². The third-order valence-electron chi connectivity index (χ3n) is 5.21. The largest absolute Gasteiger partial charge is 0.489 e. The van der Waals surface area contributed by atoms with Crippen LogP contribution >= 0.6 is 23.4 Å². The summed E-state index contributed by atoms with van der Waals surface area (Å²) in [6.07, 6.45) is 1.68. The Morgan fingerprint density at radius 1 is 1.03 bits per heavy atom. The van der Waals surface area contributed by atoms with Crippen LogP contribution in [0.1, 0.15) is 16.7 Å². The maximum Gasteiger partial charge on any atom is 0.283 e. The van der Waals surface area contributed by atoms with E-state index in [1.807, 2.05) is 84.3 Å². The zero-order valence-electron chi connectivity index (χ0n) is 17.4. The van der Waals surface area contributed by atoms with E-state index in [0.29, 0.717) is 22.5 Å². The molecule has 5 nitrogen and oxygen atoms in total. The van der Waals surface area contributed by atoms with Crippen molar-refractivity contribution in [3.63, 3.8) is 0 Å². The van der Waals surface area contributed by atoms with Crippen LogP contribution in [0.2, 0.25) is 5.02 Å². The molecule has 3 aromatic carbocycles. The maximum atomic E-state index is 12.7. The van der Waals surface area contributed by atoms with Crippen molar-refractivity contribution in [3.05, 3.63) is 112 Å². The van der Waals surface area contributed by atoms with Crippen LogP contribution < -0.4 is 4.74 Å². The summed E-state index contributed by atoms with van der Waals surface area (Å²) in [6.45, 7) is 0.332. The molecule has 0 aliphatic carbocycles. The van der Waals surface area contributed by atoms with Gasteiger partial charge in [0.15, 0.2) is 5.17 Å². The van der Waals surface area contributed by atoms with Gasteiger partial charge in [-0.05, 0) is 35.4 Å². The van der Waals surface area contributed by atoms with Gasteiger partial charge in [-0.15, -0.1) is 0 Å². The molecule has 0 aromatic heterocycles. The standard InChI is InChI=1S/C26H18ClN3O2S/c27-22-12-5-4-10-19(22)15-32-20-11-6-7-17(13-20)14-21-24(28)30-23(18-8-2-1-3-9-18)16-33-26(30)29-25(21)31/h1-14,16,28H,15H2/b21-14-,28-24?. The lowest BCUT2D eigenvalue weighted by Gasteiger charge is -2.26. The second-order valence-electron chi connectivity index (χ2n) is 7.38. The van der Waals surface area contributed by atoms with E-state index >= 15 is 0 Å². The number of carbonyl (C=O) groups excluding carboxylic acids is 1. The molecule has 2 aliphatic heterocycles. The Bertz CT molecular complexity index is 1350. The van der Waals surface area contributed by atoms with E-state index in [-0.39, 0.29) is 11.4 Å². The summed E-state index contributed by atoms with van der Waals surface area (Å²) in [7, 11) is 0. The number of benzene rings is 3. The Hall–Kier alpha value is -3.61. The number of thioether (sulfide) groups is 1. The van der Waals surface area contributed by atoms with E-state index in [2.05, 4.69) is 4.99 Å². The number of carbonyl (C=O) groups is 1. The summed E-state index contributed by atoms with van der Waals surface area (Å²) in [5.74, 6) is 0.321. The van der Waals surface area contributed by atoms with Gasteiger partial charge >= 0.3 is 0 Å². The number of nitrogens with zero attached hydrogens (tertiary/aromatic N) is 2. The Morgan fingerprint density at radius 2 is 1.82 bits per heavy atom. The Kier molecular flexibility index (Phi) is 5.86. The van der Waals surface area contributed by atoms with Gasteiger partial charge in [0.05, 0.1) is 11.3 Å². The molecular weight excluding hydrogens is 454 g/mol. The molecule has 33 heavy (non-hydrogen) atoms. The lowest BCUT2D eigenvalue weighted by molar-refractivity contribution is -0.114. The van der Waals surface area contributed by atoms with Gasteiger partial charge in [-0.25, -0.2) is 0 Å². The Morgan fingerprint density at radius 3 is 2.64 bits per heavy atom. The van der Waals surface area contributed by atoms with E-state index in [9.17, 15) is 4.79 Å². The molecule has 0 atom stereocenters. The van der Waals surface area contributed by atoms with Crippen LogP contribution in [0.4, 0.5) is 0 Å². The smallest absolute Gasteiger partial charge is 0.283 e. The number of amides is 1. The summed E-state index contributed by atoms with van der Waals surface area (Å²) in [6, 6.07) is 24.7. The van der Waals surface area contributed by atoms with Crippen molar-refractivity contribution in [2.45, 2.75) is 6.61 Å². The van der Waals surface area contributed by atoms with Gasteiger partial charge in [0.25, 0.3) is 5.91 Å². The molecule has 0 spiro atoms. The molecule has 5 rings (SSSR count). The van der Waals surface area contributed by atoms with Crippen molar-refractivity contribution >= 4 is 52.0 Å². The first-order valence-electron chi connectivity index (χ1n) is 10.2. The third kappa shape index (κ3) is 4.35. The van der Waals surface area contributed by atoms with E-state index in [1.165, 1.54) is 11.8 Å². The molecule has 7 heteroatoms. The Labute approximate surface area is 200 Å². The number of fused-ring (bicyclic) bond motifs is 1. The monoisotopic (exact) mass is 471 g/mol. The minimum atomic E-state index is -0.427. The van der Waals surface area contributed by atoms with Gasteiger partial charge in [-0.1, -0.05) is 84.0 Å². The molecule has 0 fully saturated rings. The fourth-order valence-corrected chi connectivity index (χ4v) is 4.63. The van der Waals surface area contributed by atoms with Gasteiger partial charge in [-0.2, -0.15) is 4.99 Å². The molecule has 1 N–H and O–H groups in total. The highest BCUT2D eigenvalue weighted by atomic mass is 35.5. The highest BCUT2D eigenvalue weighted by molar-refractivity contribution is 8.17. The highest BCUT2D eigenvalue weighted by Gasteiger charge is 2.36. The van der Waals surface area contributed by atoms with Crippen LogP contribution in [-0.2, 0) is 11.4 Å². The van der Waals surface area contributed by atoms with Crippen molar-refractivity contribution < 1.29 is 9.53 Å². The van der Waals surface area contributed by atoms with Gasteiger partial charge in [-0.3, -0.25) is 15.1 Å². The average molecular weight is 472 g/mol. The molecule has 1 amide bonds. The number of rotatable bonds is 5. The number of nitrogens with one attached hydrogen (secondary N) is 1. The minimum absolute atomic E-state index is 0.104. The normalized spacial score (nSPS) is 16.5. The van der Waals surface area contributed by atoms with E-state index in [0.717, 1.165) is 22.4 Å². The molecular formula is C26H18ClN3O2S. The van der Waals surface area contributed by atoms with Crippen molar-refractivity contribution in [1.82, 2.24) is 4.90 Å². The molecule has 0 saturated carbocycles. The van der Waals surface area contributed by atoms with Crippen LogP contribution in [0.15, 0.2) is 94.8 Å². The van der Waals surface area contributed by atoms with Crippen LogP contribution in [0.3, 0.4) is 0 Å². The molecule has 2 heterocycles. The lowest BCUT2D eigenvalue weighted by Crippen LogP contribution is -2.38. The number of aliphatic imine (C=N–C) groups is 1. The van der Waals surface area contributed by atoms with Gasteiger partial charge in [0.1, 0.15) is 18.2 Å². The predicted molar refractivity (Wildman–Crippen MR) is 134 cm³/mol. The Balaban J connectivity index is 1.40. The highest BCUT2D eigenvalue weighted by Crippen LogP contribution is 2.37. The summed E-state index contributed by atoms with van der Waals surface area (Å²) >= 11 is 7.56. The second-order valence-corrected chi connectivity index (χ2v) is 8.62. The van der Waals surface area contributed by atoms with Gasteiger partial charge in [0, 0.05) is 16.0 Å². The molecule has 0 radical (unpaired) electrons. The molecule has 0 saturated heterocycles. The van der Waals surface area contributed by atoms with Crippen molar-refractivity contribution in [2.75, 3.05) is 0 Å². The molecule has 0 unspecified atom stereocenters. The van der Waals surface area contributed by atoms with Crippen LogP contribution in [0, 0.1) is 5.41 Å². The average Bonchev–Trinajstić information content (AvgIpc) is 3.26. The maximum absolute atomic E-state index is 12.7. The number of hydrogen-bond donors (Lipinski definition) is 1. The van der Waals surface area contributed by atoms with Crippen LogP contribution in [-0.4, -0.2) is 21.8 Å². The summed E-state index contributed by atoms with van der Waals surface area (Å²) in [4.78, 5) is 18.7. The summed E-state index contributed by atoms with van der Waals surface area (Å²) < 4.78 is 5.90. The molecule has 0 bridgehead atoms. The SMILES string of the molecule is N=C1/C(=C/c2cccc(OCc3ccccc3Cl)c2)C(=O)N=C2SC=C(c3ccccc3)N12. The number of amidine groups is 2. The number of ether oxygens (including phenoxy) is 1. The molecule has 2 aliphatic rings. The fraction of sp³-hybridized carbons (Fsp3) is 0.0385. The third-order valence-corrected chi connectivity index (χ3v) is 6.40. The summed E-state index contributed by atoms with van der Waals surface area (Å²) in [5.41, 5.74) is 3.66. The van der Waals surface area contributed by atoms with E-state index in [4.69, 9.17) is 21.7 Å². The second kappa shape index (κ2) is 9.10. The zero-order valence-corrected chi connectivity index (χ0v) is 18.9. The summed E-state index contributed by atoms with van der Waals surface area (Å²) in [5, 5.41) is 11.8. The quantitative estimate of drug-likeness (QED) is 0.448. The van der Waals surface area contributed by atoms with Crippen molar-refractivity contribution in [2.24, 2.45) is 4.99 Å². The first-order chi connectivity index (χ1) is 16.1. The number of hydrogen-bond acceptors (Lipinski definition) is 4. The van der Waals surface area contributed by atoms with Crippen LogP contribution in [0.25, 0.3) is 11.8 Å². The van der Waals surface area contributed by atoms with Gasteiger partial charge in [0.2, 0.25) is 0 Å². The lowest BCUT2D eigenvalue weighted by atomic mass is 10.1. The molecule has 162 valence electrons. The number of halogens is 1. The predicted octanol–water partition coefficient (Wildman–Crippen LogP) is 6.22. The fourth-order valence-electron chi connectivity index (χ4n) is 3.55. The minimum Gasteiger partial charge on any atom is -0.489 e. The zero-order chi connectivity index (χ0) is 22.8. The van der Waals surface area contributed by atoms with E-state index in [1.54, 1.807) is 11.0 Å². The first-order valence-corrected chi connectivity index (χ1v) is 11.5. The first kappa shape index (κ1) is 21.2. The van der Waals surface area contributed by atoms with Gasteiger partial charge < -0.3 is 4.74 Å².